The molecule has 1 heterocycles. The molecule has 3 rings (SSSR count). The number of hydrogen-bond acceptors (Lipinski definition) is 3. The Balaban J connectivity index is 1.57. The number of benzene rings is 2. The molecule has 0 unspecified atom stereocenters. The van der Waals surface area contributed by atoms with Gasteiger partial charge in [-0.1, -0.05) is 30.3 Å². The molecule has 0 N–H and O–H groups in total. The first-order chi connectivity index (χ1) is 13.2. The standard InChI is InChI=1S/C22H26N2O3/c1-2-27-20-11-9-19(10-12-20)22(26)24-14-6-13-23(15-16-24)21(25)17-18-7-4-3-5-8-18/h3-5,7-12H,2,6,13-17H2,1H3. The van der Waals surface area contributed by atoms with Crippen molar-refractivity contribution in [3.63, 3.8) is 0 Å². The first-order valence-electron chi connectivity index (χ1n) is 9.51. The Morgan fingerprint density at radius 1 is 0.889 bits per heavy atom. The first kappa shape index (κ1) is 19.0. The van der Waals surface area contributed by atoms with Crippen LogP contribution in [0.1, 0.15) is 29.3 Å². The van der Waals surface area contributed by atoms with Gasteiger partial charge < -0.3 is 14.5 Å². The number of ether oxygens (including phenoxy) is 1. The molecule has 0 radical (unpaired) electrons. The molecule has 1 aliphatic heterocycles. The molecule has 27 heavy (non-hydrogen) atoms. The van der Waals surface area contributed by atoms with Crippen LogP contribution < -0.4 is 4.74 Å². The average Bonchev–Trinajstić information content (AvgIpc) is 2.95. The summed E-state index contributed by atoms with van der Waals surface area (Å²) < 4.78 is 5.43. The maximum atomic E-state index is 12.8. The van der Waals surface area contributed by atoms with Crippen LogP contribution in [0.3, 0.4) is 0 Å². The molecule has 1 aliphatic rings. The zero-order valence-corrected chi connectivity index (χ0v) is 15.8. The second kappa shape index (κ2) is 9.21. The first-order valence-corrected chi connectivity index (χ1v) is 9.51. The van der Waals surface area contributed by atoms with E-state index < -0.39 is 0 Å². The Morgan fingerprint density at radius 3 is 2.26 bits per heavy atom. The predicted octanol–water partition coefficient (Wildman–Crippen LogP) is 3.00. The van der Waals surface area contributed by atoms with E-state index in [1.54, 1.807) is 12.1 Å². The maximum absolute atomic E-state index is 12.8. The highest BCUT2D eigenvalue weighted by Gasteiger charge is 2.22. The summed E-state index contributed by atoms with van der Waals surface area (Å²) in [5.41, 5.74) is 1.68. The highest BCUT2D eigenvalue weighted by molar-refractivity contribution is 5.94. The van der Waals surface area contributed by atoms with E-state index in [2.05, 4.69) is 0 Å². The van der Waals surface area contributed by atoms with E-state index in [0.717, 1.165) is 17.7 Å². The molecule has 2 amide bonds. The molecule has 1 saturated heterocycles. The Kier molecular flexibility index (Phi) is 6.47. The van der Waals surface area contributed by atoms with Crippen LogP contribution in [0, 0.1) is 0 Å². The van der Waals surface area contributed by atoms with Gasteiger partial charge in [0.05, 0.1) is 13.0 Å². The fourth-order valence-corrected chi connectivity index (χ4v) is 3.30. The smallest absolute Gasteiger partial charge is 0.253 e. The van der Waals surface area contributed by atoms with Gasteiger partial charge >= 0.3 is 0 Å². The number of carbonyl (C=O) groups excluding carboxylic acids is 2. The third-order valence-electron chi connectivity index (χ3n) is 4.75. The Labute approximate surface area is 160 Å². The lowest BCUT2D eigenvalue weighted by atomic mass is 10.1. The lowest BCUT2D eigenvalue weighted by Gasteiger charge is -2.22. The molecule has 0 bridgehead atoms. The summed E-state index contributed by atoms with van der Waals surface area (Å²) in [6.45, 7) is 5.04. The van der Waals surface area contributed by atoms with Gasteiger partial charge in [-0.15, -0.1) is 0 Å². The highest BCUT2D eigenvalue weighted by Crippen LogP contribution is 2.15. The third-order valence-corrected chi connectivity index (χ3v) is 4.75. The summed E-state index contributed by atoms with van der Waals surface area (Å²) in [5.74, 6) is 0.898. The van der Waals surface area contributed by atoms with Crippen molar-refractivity contribution >= 4 is 11.8 Å². The molecule has 0 atom stereocenters. The van der Waals surface area contributed by atoms with Gasteiger partial charge in [0.25, 0.3) is 5.91 Å². The van der Waals surface area contributed by atoms with Crippen molar-refractivity contribution < 1.29 is 14.3 Å². The lowest BCUT2D eigenvalue weighted by molar-refractivity contribution is -0.130. The minimum absolute atomic E-state index is 0.00964. The van der Waals surface area contributed by atoms with Crippen molar-refractivity contribution in [3.8, 4) is 5.75 Å². The van der Waals surface area contributed by atoms with Crippen molar-refractivity contribution in [1.29, 1.82) is 0 Å². The zero-order chi connectivity index (χ0) is 19.1. The Morgan fingerprint density at radius 2 is 1.56 bits per heavy atom. The molecule has 5 heteroatoms. The normalized spacial score (nSPS) is 14.6. The van der Waals surface area contributed by atoms with Crippen molar-refractivity contribution in [3.05, 3.63) is 65.7 Å². The number of amides is 2. The highest BCUT2D eigenvalue weighted by atomic mass is 16.5. The summed E-state index contributed by atoms with van der Waals surface area (Å²) >= 11 is 0. The molecular weight excluding hydrogens is 340 g/mol. The monoisotopic (exact) mass is 366 g/mol. The molecular formula is C22H26N2O3. The average molecular weight is 366 g/mol. The minimum atomic E-state index is 0.00964. The zero-order valence-electron chi connectivity index (χ0n) is 15.8. The maximum Gasteiger partial charge on any atom is 0.253 e. The van der Waals surface area contributed by atoms with Crippen LogP contribution in [-0.2, 0) is 11.2 Å². The Bertz CT molecular complexity index is 759. The summed E-state index contributed by atoms with van der Waals surface area (Å²) in [6.07, 6.45) is 1.21. The van der Waals surface area contributed by atoms with E-state index in [9.17, 15) is 9.59 Å². The second-order valence-corrected chi connectivity index (χ2v) is 6.65. The van der Waals surface area contributed by atoms with Crippen molar-refractivity contribution in [2.75, 3.05) is 32.8 Å². The summed E-state index contributed by atoms with van der Waals surface area (Å²) in [7, 11) is 0. The molecule has 2 aromatic rings. The summed E-state index contributed by atoms with van der Waals surface area (Å²) in [6, 6.07) is 17.0. The summed E-state index contributed by atoms with van der Waals surface area (Å²) in [5, 5.41) is 0. The van der Waals surface area contributed by atoms with E-state index in [1.807, 2.05) is 59.2 Å². The van der Waals surface area contributed by atoms with Crippen LogP contribution in [-0.4, -0.2) is 54.4 Å². The number of rotatable bonds is 5. The van der Waals surface area contributed by atoms with Crippen LogP contribution in [0.4, 0.5) is 0 Å². The van der Waals surface area contributed by atoms with Crippen molar-refractivity contribution in [2.45, 2.75) is 19.8 Å². The van der Waals surface area contributed by atoms with E-state index in [1.165, 1.54) is 0 Å². The van der Waals surface area contributed by atoms with Crippen LogP contribution in [0.25, 0.3) is 0 Å². The quantitative estimate of drug-likeness (QED) is 0.817. The van der Waals surface area contributed by atoms with Gasteiger partial charge in [0, 0.05) is 31.7 Å². The van der Waals surface area contributed by atoms with E-state index in [0.29, 0.717) is 44.8 Å². The predicted molar refractivity (Wildman–Crippen MR) is 105 cm³/mol. The van der Waals surface area contributed by atoms with E-state index >= 15 is 0 Å². The third kappa shape index (κ3) is 5.09. The molecule has 142 valence electrons. The molecule has 5 nitrogen and oxygen atoms in total. The van der Waals surface area contributed by atoms with Crippen LogP contribution >= 0.6 is 0 Å². The SMILES string of the molecule is CCOc1ccc(C(=O)N2CCCN(C(=O)Cc3ccccc3)CC2)cc1. The van der Waals surface area contributed by atoms with Gasteiger partial charge in [-0.3, -0.25) is 9.59 Å². The fraction of sp³-hybridized carbons (Fsp3) is 0.364. The molecule has 1 fully saturated rings. The molecule has 0 aromatic heterocycles. The van der Waals surface area contributed by atoms with E-state index in [4.69, 9.17) is 4.74 Å². The van der Waals surface area contributed by atoms with Gasteiger partial charge in [-0.25, -0.2) is 0 Å². The van der Waals surface area contributed by atoms with E-state index in [-0.39, 0.29) is 11.8 Å². The molecule has 0 spiro atoms. The topological polar surface area (TPSA) is 49.9 Å². The van der Waals surface area contributed by atoms with Crippen LogP contribution in [0.15, 0.2) is 54.6 Å². The molecule has 0 aliphatic carbocycles. The van der Waals surface area contributed by atoms with Gasteiger partial charge in [-0.2, -0.15) is 0 Å². The van der Waals surface area contributed by atoms with Gasteiger partial charge in [0.15, 0.2) is 0 Å². The fourth-order valence-electron chi connectivity index (χ4n) is 3.30. The minimum Gasteiger partial charge on any atom is -0.494 e. The lowest BCUT2D eigenvalue weighted by Crippen LogP contribution is -2.38. The van der Waals surface area contributed by atoms with Gasteiger partial charge in [0.1, 0.15) is 5.75 Å². The van der Waals surface area contributed by atoms with Crippen molar-refractivity contribution in [2.24, 2.45) is 0 Å². The number of hydrogen-bond donors (Lipinski definition) is 0. The van der Waals surface area contributed by atoms with Gasteiger partial charge in [0.2, 0.25) is 5.91 Å². The molecule has 2 aromatic carbocycles. The second-order valence-electron chi connectivity index (χ2n) is 6.65. The summed E-state index contributed by atoms with van der Waals surface area (Å²) in [4.78, 5) is 29.1. The van der Waals surface area contributed by atoms with Crippen LogP contribution in [0.2, 0.25) is 0 Å². The number of carbonyl (C=O) groups is 2. The van der Waals surface area contributed by atoms with Gasteiger partial charge in [-0.05, 0) is 43.2 Å². The Hall–Kier alpha value is -2.82. The van der Waals surface area contributed by atoms with Crippen molar-refractivity contribution in [1.82, 2.24) is 9.80 Å². The van der Waals surface area contributed by atoms with Crippen LogP contribution in [0.5, 0.6) is 5.75 Å². The number of nitrogens with zero attached hydrogens (tertiary/aromatic N) is 2. The largest absolute Gasteiger partial charge is 0.494 e. The molecule has 0 saturated carbocycles.